The Morgan fingerprint density at radius 2 is 1.26 bits per heavy atom. The highest BCUT2D eigenvalue weighted by Gasteiger charge is 2.74. The third-order valence-electron chi connectivity index (χ3n) is 3.90. The molecule has 0 aliphatic heterocycles. The van der Waals surface area contributed by atoms with Crippen LogP contribution in [-0.2, 0) is 0 Å². The molecule has 0 radical (unpaired) electrons. The second-order valence-electron chi connectivity index (χ2n) is 4.59. The monoisotopic (exact) mass is 246 g/mol. The summed E-state index contributed by atoms with van der Waals surface area (Å²) in [5.74, 6) is -0.848. The summed E-state index contributed by atoms with van der Waals surface area (Å²) < 4.78 is 0. The van der Waals surface area contributed by atoms with E-state index < -0.39 is 22.7 Å². The standard InChI is InChI=1S/C15H10N4/c16-8-14(9-17)12-6-4-2-1-3-5-7-13(12)15(14,10-18)11-19/h1-2,4-7,12-13H,3H2/b2-1-,6-4-,7-5-/t12-,13-/m0/s1. The molecule has 1 fully saturated rings. The van der Waals surface area contributed by atoms with Crippen LogP contribution in [0.5, 0.6) is 0 Å². The minimum absolute atomic E-state index is 0.419. The zero-order chi connectivity index (χ0) is 13.9. The van der Waals surface area contributed by atoms with Crippen LogP contribution in [0.3, 0.4) is 0 Å². The van der Waals surface area contributed by atoms with Gasteiger partial charge in [-0.1, -0.05) is 36.5 Å². The quantitative estimate of drug-likeness (QED) is 0.613. The van der Waals surface area contributed by atoms with Crippen LogP contribution in [0.25, 0.3) is 0 Å². The number of nitrogens with zero attached hydrogens (tertiary/aromatic N) is 4. The summed E-state index contributed by atoms with van der Waals surface area (Å²) in [6, 6.07) is 7.65. The van der Waals surface area contributed by atoms with Crippen molar-refractivity contribution < 1.29 is 0 Å². The third kappa shape index (κ3) is 1.35. The van der Waals surface area contributed by atoms with E-state index in [1.165, 1.54) is 0 Å². The highest BCUT2D eigenvalue weighted by Crippen LogP contribution is 2.65. The van der Waals surface area contributed by atoms with Crippen LogP contribution in [0.4, 0.5) is 0 Å². The Morgan fingerprint density at radius 3 is 1.79 bits per heavy atom. The Morgan fingerprint density at radius 1 is 0.737 bits per heavy atom. The Bertz CT molecular complexity index is 612. The summed E-state index contributed by atoms with van der Waals surface area (Å²) in [5.41, 5.74) is -3.19. The summed E-state index contributed by atoms with van der Waals surface area (Å²) in [7, 11) is 0. The molecule has 2 aliphatic rings. The zero-order valence-electron chi connectivity index (χ0n) is 10.1. The lowest BCUT2D eigenvalue weighted by molar-refractivity contribution is 0.00684. The van der Waals surface area contributed by atoms with Crippen molar-refractivity contribution in [2.24, 2.45) is 22.7 Å². The first kappa shape index (κ1) is 12.6. The van der Waals surface area contributed by atoms with Gasteiger partial charge in [-0.25, -0.2) is 0 Å². The Labute approximate surface area is 111 Å². The molecular formula is C15H10N4. The average molecular weight is 246 g/mol. The molecule has 0 aromatic heterocycles. The summed E-state index contributed by atoms with van der Waals surface area (Å²) in [5, 5.41) is 37.4. The van der Waals surface area contributed by atoms with E-state index in [1.807, 2.05) is 42.5 Å². The fraction of sp³-hybridized carbons (Fsp3) is 0.333. The lowest BCUT2D eigenvalue weighted by atomic mass is 9.39. The highest BCUT2D eigenvalue weighted by atomic mass is 14.7. The first-order valence-corrected chi connectivity index (χ1v) is 5.87. The number of allylic oxidation sites excluding steroid dienone is 6. The predicted molar refractivity (Wildman–Crippen MR) is 66.3 cm³/mol. The van der Waals surface area contributed by atoms with Gasteiger partial charge in [-0.05, 0) is 6.42 Å². The third-order valence-corrected chi connectivity index (χ3v) is 3.90. The normalized spacial score (nSPS) is 33.9. The van der Waals surface area contributed by atoms with Gasteiger partial charge in [-0.15, -0.1) is 0 Å². The summed E-state index contributed by atoms with van der Waals surface area (Å²) in [6.07, 6.45) is 11.6. The molecule has 0 aromatic carbocycles. The maximum Gasteiger partial charge on any atom is 0.182 e. The topological polar surface area (TPSA) is 95.2 Å². The molecule has 0 amide bonds. The largest absolute Gasteiger partial charge is 0.196 e. The minimum Gasteiger partial charge on any atom is -0.196 e. The number of fused-ring (bicyclic) bond motifs is 1. The molecule has 90 valence electrons. The molecule has 2 aliphatic carbocycles. The van der Waals surface area contributed by atoms with Crippen molar-refractivity contribution >= 4 is 0 Å². The van der Waals surface area contributed by atoms with Gasteiger partial charge in [0, 0.05) is 11.8 Å². The van der Waals surface area contributed by atoms with E-state index in [0.717, 1.165) is 0 Å². The summed E-state index contributed by atoms with van der Waals surface area (Å²) in [4.78, 5) is 0. The van der Waals surface area contributed by atoms with E-state index in [1.54, 1.807) is 18.2 Å². The zero-order valence-corrected chi connectivity index (χ0v) is 10.1. The van der Waals surface area contributed by atoms with Gasteiger partial charge >= 0.3 is 0 Å². The van der Waals surface area contributed by atoms with Crippen LogP contribution in [0.15, 0.2) is 36.5 Å². The van der Waals surface area contributed by atoms with Crippen LogP contribution in [0.1, 0.15) is 6.42 Å². The van der Waals surface area contributed by atoms with Crippen molar-refractivity contribution in [3.63, 3.8) is 0 Å². The van der Waals surface area contributed by atoms with Gasteiger partial charge in [0.1, 0.15) is 0 Å². The molecule has 2 atom stereocenters. The molecule has 4 heteroatoms. The van der Waals surface area contributed by atoms with E-state index in [9.17, 15) is 21.0 Å². The molecule has 0 bridgehead atoms. The fourth-order valence-electron chi connectivity index (χ4n) is 2.84. The van der Waals surface area contributed by atoms with Gasteiger partial charge in [-0.3, -0.25) is 0 Å². The van der Waals surface area contributed by atoms with Gasteiger partial charge in [0.15, 0.2) is 10.8 Å². The highest BCUT2D eigenvalue weighted by molar-refractivity contribution is 5.48. The SMILES string of the molecule is N#CC1(C#N)[C@H]2/C=C\C=C/C/C=C\[C@@H]2C1(C#N)C#N. The molecule has 1 saturated carbocycles. The Hall–Kier alpha value is -2.82. The summed E-state index contributed by atoms with van der Waals surface area (Å²) >= 11 is 0. The van der Waals surface area contributed by atoms with Crippen molar-refractivity contribution in [2.75, 3.05) is 0 Å². The number of hydrogen-bond donors (Lipinski definition) is 0. The van der Waals surface area contributed by atoms with Gasteiger partial charge in [0.2, 0.25) is 0 Å². The molecule has 0 spiro atoms. The van der Waals surface area contributed by atoms with Crippen molar-refractivity contribution in [1.29, 1.82) is 21.0 Å². The lowest BCUT2D eigenvalue weighted by Crippen LogP contribution is -2.62. The van der Waals surface area contributed by atoms with E-state index >= 15 is 0 Å². The van der Waals surface area contributed by atoms with Crippen molar-refractivity contribution in [3.8, 4) is 24.3 Å². The summed E-state index contributed by atoms with van der Waals surface area (Å²) in [6.45, 7) is 0. The molecule has 19 heavy (non-hydrogen) atoms. The van der Waals surface area contributed by atoms with E-state index in [0.29, 0.717) is 6.42 Å². The second-order valence-corrected chi connectivity index (χ2v) is 4.59. The van der Waals surface area contributed by atoms with E-state index in [2.05, 4.69) is 0 Å². The molecule has 0 saturated heterocycles. The van der Waals surface area contributed by atoms with E-state index in [-0.39, 0.29) is 0 Å². The predicted octanol–water partition coefficient (Wildman–Crippen LogP) is 2.37. The molecule has 0 aromatic rings. The van der Waals surface area contributed by atoms with Crippen LogP contribution in [0, 0.1) is 68.0 Å². The first-order chi connectivity index (χ1) is 9.22. The van der Waals surface area contributed by atoms with Crippen molar-refractivity contribution in [2.45, 2.75) is 6.42 Å². The number of hydrogen-bond acceptors (Lipinski definition) is 4. The second kappa shape index (κ2) is 4.45. The molecule has 2 rings (SSSR count). The number of rotatable bonds is 0. The van der Waals surface area contributed by atoms with Gasteiger partial charge in [-0.2, -0.15) is 21.0 Å². The van der Waals surface area contributed by atoms with Gasteiger partial charge in [0.05, 0.1) is 24.3 Å². The fourth-order valence-corrected chi connectivity index (χ4v) is 2.84. The maximum atomic E-state index is 9.36. The molecule has 4 nitrogen and oxygen atoms in total. The molecule has 0 unspecified atom stereocenters. The molecule has 0 heterocycles. The molecule has 0 N–H and O–H groups in total. The average Bonchev–Trinajstić information content (AvgIpc) is 2.54. The van der Waals surface area contributed by atoms with E-state index in [4.69, 9.17) is 0 Å². The Balaban J connectivity index is 2.63. The Kier molecular flexibility index (Phi) is 2.96. The minimum atomic E-state index is -1.60. The van der Waals surface area contributed by atoms with Gasteiger partial charge < -0.3 is 0 Å². The molecular weight excluding hydrogens is 236 g/mol. The number of nitriles is 4. The van der Waals surface area contributed by atoms with Crippen LogP contribution < -0.4 is 0 Å². The van der Waals surface area contributed by atoms with Crippen LogP contribution in [-0.4, -0.2) is 0 Å². The van der Waals surface area contributed by atoms with Gasteiger partial charge in [0.25, 0.3) is 0 Å². The van der Waals surface area contributed by atoms with Crippen molar-refractivity contribution in [3.05, 3.63) is 36.5 Å². The smallest absolute Gasteiger partial charge is 0.182 e. The maximum absolute atomic E-state index is 9.36. The van der Waals surface area contributed by atoms with Crippen LogP contribution in [0.2, 0.25) is 0 Å². The van der Waals surface area contributed by atoms with Crippen molar-refractivity contribution in [1.82, 2.24) is 0 Å². The lowest BCUT2D eigenvalue weighted by Gasteiger charge is -2.53. The first-order valence-electron chi connectivity index (χ1n) is 5.87. The van der Waals surface area contributed by atoms with Crippen LogP contribution >= 0.6 is 0 Å².